The Morgan fingerprint density at radius 3 is 2.62 bits per heavy atom. The molecule has 1 aliphatic rings. The van der Waals surface area contributed by atoms with E-state index in [1.54, 1.807) is 0 Å². The van der Waals surface area contributed by atoms with Gasteiger partial charge in [0, 0.05) is 36.4 Å². The van der Waals surface area contributed by atoms with E-state index in [0.717, 1.165) is 10.9 Å². The molecule has 1 atom stereocenters. The molecule has 0 aliphatic carbocycles. The normalized spacial score (nSPS) is 15.9. The second-order valence-electron chi connectivity index (χ2n) is 8.49. The molecule has 1 aromatic carbocycles. The summed E-state index contributed by atoms with van der Waals surface area (Å²) in [6, 6.07) is 9.35. The van der Waals surface area contributed by atoms with Crippen molar-refractivity contribution < 1.29 is 9.13 Å². The van der Waals surface area contributed by atoms with Gasteiger partial charge in [0.1, 0.15) is 23.2 Å². The predicted molar refractivity (Wildman–Crippen MR) is 130 cm³/mol. The number of hydrogen-bond donors (Lipinski definition) is 2. The first-order valence-electron chi connectivity index (χ1n) is 10.7. The van der Waals surface area contributed by atoms with E-state index in [4.69, 9.17) is 33.7 Å². The van der Waals surface area contributed by atoms with Gasteiger partial charge in [0.25, 0.3) is 0 Å². The maximum Gasteiger partial charge on any atom is 0.151 e. The highest BCUT2D eigenvalue weighted by molar-refractivity contribution is 6.35. The highest BCUT2D eigenvalue weighted by Gasteiger charge is 2.39. The number of benzene rings is 1. The molecule has 34 heavy (non-hydrogen) atoms. The van der Waals surface area contributed by atoms with Gasteiger partial charge in [0.15, 0.2) is 5.82 Å². The molecule has 1 fully saturated rings. The lowest BCUT2D eigenvalue weighted by molar-refractivity contribution is 0.227. The molecule has 0 bridgehead atoms. The lowest BCUT2D eigenvalue weighted by atomic mass is 9.88. The van der Waals surface area contributed by atoms with Crippen LogP contribution in [0.2, 0.25) is 10.0 Å². The van der Waals surface area contributed by atoms with Crippen molar-refractivity contribution in [2.75, 3.05) is 24.7 Å². The van der Waals surface area contributed by atoms with Crippen molar-refractivity contribution in [2.45, 2.75) is 25.0 Å². The number of aromatic amines is 1. The lowest BCUT2D eigenvalue weighted by Gasteiger charge is -2.47. The Balaban J connectivity index is 1.36. The van der Waals surface area contributed by atoms with E-state index in [1.807, 2.05) is 42.2 Å². The van der Waals surface area contributed by atoms with Crippen LogP contribution in [0.5, 0.6) is 5.75 Å². The first-order valence-corrected chi connectivity index (χ1v) is 11.5. The van der Waals surface area contributed by atoms with Crippen molar-refractivity contribution in [3.63, 3.8) is 0 Å². The molecule has 5 rings (SSSR count). The van der Waals surface area contributed by atoms with Gasteiger partial charge >= 0.3 is 0 Å². The van der Waals surface area contributed by atoms with E-state index < -0.39 is 18.3 Å². The Labute approximate surface area is 205 Å². The summed E-state index contributed by atoms with van der Waals surface area (Å²) in [6.07, 6.45) is 3.03. The van der Waals surface area contributed by atoms with Crippen LogP contribution < -0.4 is 15.4 Å². The highest BCUT2D eigenvalue weighted by atomic mass is 35.5. The van der Waals surface area contributed by atoms with Crippen LogP contribution in [-0.2, 0) is 0 Å². The molecule has 1 saturated heterocycles. The molecule has 3 aromatic heterocycles. The maximum atomic E-state index is 12.6. The summed E-state index contributed by atoms with van der Waals surface area (Å²) in [4.78, 5) is 5.97. The summed E-state index contributed by atoms with van der Waals surface area (Å²) >= 11 is 12.5. The number of ether oxygens (including phenoxy) is 1. The summed E-state index contributed by atoms with van der Waals surface area (Å²) in [5.74, 6) is 1.33. The standard InChI is InChI=1S/C23H22Cl2FN7O/c1-13(21-16(24)9-28-10-17(21)25)34-14-2-3-18-15(8-14)22(32-29-18)19-4-5-20(31-30-19)33-11-23(27,12-33)6-7-26/h2-5,8-10,13H,6-7,11-12,27H2,1H3,(H,29,32)/t13-/m1/s1. The molecule has 0 radical (unpaired) electrons. The predicted octanol–water partition coefficient (Wildman–Crippen LogP) is 4.74. The summed E-state index contributed by atoms with van der Waals surface area (Å²) in [5.41, 5.74) is 8.42. The molecule has 0 amide bonds. The topological polar surface area (TPSA) is 106 Å². The zero-order valence-corrected chi connectivity index (χ0v) is 19.8. The van der Waals surface area contributed by atoms with Crippen molar-refractivity contribution in [1.29, 1.82) is 0 Å². The largest absolute Gasteiger partial charge is 0.486 e. The fraction of sp³-hybridized carbons (Fsp3) is 0.304. The first kappa shape index (κ1) is 22.8. The van der Waals surface area contributed by atoms with Gasteiger partial charge in [-0.3, -0.25) is 14.5 Å². The van der Waals surface area contributed by atoms with Crippen molar-refractivity contribution >= 4 is 39.9 Å². The van der Waals surface area contributed by atoms with Crippen molar-refractivity contribution in [2.24, 2.45) is 5.73 Å². The molecule has 0 saturated carbocycles. The van der Waals surface area contributed by atoms with Crippen LogP contribution in [-0.4, -0.2) is 50.7 Å². The van der Waals surface area contributed by atoms with Crippen molar-refractivity contribution in [1.82, 2.24) is 25.4 Å². The molecular weight excluding hydrogens is 480 g/mol. The first-order chi connectivity index (χ1) is 16.4. The van der Waals surface area contributed by atoms with Gasteiger partial charge in [-0.15, -0.1) is 10.2 Å². The molecule has 11 heteroatoms. The van der Waals surface area contributed by atoms with Gasteiger partial charge in [-0.1, -0.05) is 23.2 Å². The third-order valence-corrected chi connectivity index (χ3v) is 6.57. The number of fused-ring (bicyclic) bond motifs is 1. The molecule has 8 nitrogen and oxygen atoms in total. The number of alkyl halides is 1. The van der Waals surface area contributed by atoms with E-state index in [2.05, 4.69) is 25.4 Å². The highest BCUT2D eigenvalue weighted by Crippen LogP contribution is 2.35. The lowest BCUT2D eigenvalue weighted by Crippen LogP contribution is -2.68. The average Bonchev–Trinajstić information content (AvgIpc) is 3.21. The zero-order chi connectivity index (χ0) is 23.9. The molecule has 4 heterocycles. The van der Waals surface area contributed by atoms with Crippen LogP contribution in [0.25, 0.3) is 22.3 Å². The van der Waals surface area contributed by atoms with Gasteiger partial charge in [0.05, 0.1) is 27.8 Å². The molecule has 0 unspecified atom stereocenters. The Kier molecular flexibility index (Phi) is 6.01. The summed E-state index contributed by atoms with van der Waals surface area (Å²) in [5, 5.41) is 17.8. The molecule has 4 aromatic rings. The number of H-pyrrole nitrogens is 1. The summed E-state index contributed by atoms with van der Waals surface area (Å²) in [7, 11) is 0. The van der Waals surface area contributed by atoms with Gasteiger partial charge in [-0.05, 0) is 43.7 Å². The number of aromatic nitrogens is 5. The number of nitrogens with zero attached hydrogens (tertiary/aromatic N) is 5. The van der Waals surface area contributed by atoms with Crippen LogP contribution in [0.1, 0.15) is 25.0 Å². The summed E-state index contributed by atoms with van der Waals surface area (Å²) in [6.45, 7) is 2.56. The Morgan fingerprint density at radius 1 is 1.18 bits per heavy atom. The SMILES string of the molecule is C[C@@H](Oc1ccc2[nH]nc(-c3ccc(N4CC(N)(CCF)C4)nn3)c2c1)c1c(Cl)cncc1Cl. The molecule has 0 spiro atoms. The third kappa shape index (κ3) is 4.26. The second kappa shape index (κ2) is 8.98. The number of anilines is 1. The molecule has 1 aliphatic heterocycles. The number of hydrogen-bond acceptors (Lipinski definition) is 7. The Hall–Kier alpha value is -3.01. The van der Waals surface area contributed by atoms with Gasteiger partial charge < -0.3 is 15.4 Å². The van der Waals surface area contributed by atoms with Crippen molar-refractivity contribution in [3.8, 4) is 17.1 Å². The fourth-order valence-electron chi connectivity index (χ4n) is 4.18. The minimum Gasteiger partial charge on any atom is -0.486 e. The summed E-state index contributed by atoms with van der Waals surface area (Å²) < 4.78 is 18.8. The molecule has 3 N–H and O–H groups in total. The minimum absolute atomic E-state index is 0.344. The Morgan fingerprint density at radius 2 is 1.94 bits per heavy atom. The fourth-order valence-corrected chi connectivity index (χ4v) is 4.85. The number of rotatable bonds is 7. The molecular formula is C23H22Cl2FN7O. The van der Waals surface area contributed by atoms with E-state index in [0.29, 0.717) is 58.1 Å². The van der Waals surface area contributed by atoms with E-state index >= 15 is 0 Å². The second-order valence-corrected chi connectivity index (χ2v) is 9.31. The number of halogens is 3. The average molecular weight is 502 g/mol. The Bertz CT molecular complexity index is 1300. The number of nitrogens with one attached hydrogen (secondary N) is 1. The zero-order valence-electron chi connectivity index (χ0n) is 18.3. The third-order valence-electron chi connectivity index (χ3n) is 5.97. The van der Waals surface area contributed by atoms with Crippen LogP contribution in [0, 0.1) is 0 Å². The van der Waals surface area contributed by atoms with Crippen LogP contribution in [0.4, 0.5) is 10.2 Å². The van der Waals surface area contributed by atoms with Crippen LogP contribution in [0.15, 0.2) is 42.7 Å². The van der Waals surface area contributed by atoms with Gasteiger partial charge in [-0.2, -0.15) is 5.10 Å². The van der Waals surface area contributed by atoms with Crippen LogP contribution in [0.3, 0.4) is 0 Å². The minimum atomic E-state index is -0.494. The van der Waals surface area contributed by atoms with E-state index in [1.165, 1.54) is 12.4 Å². The van der Waals surface area contributed by atoms with E-state index in [-0.39, 0.29) is 0 Å². The van der Waals surface area contributed by atoms with E-state index in [9.17, 15) is 4.39 Å². The van der Waals surface area contributed by atoms with Crippen molar-refractivity contribution in [3.05, 3.63) is 58.3 Å². The van der Waals surface area contributed by atoms with Gasteiger partial charge in [0.2, 0.25) is 0 Å². The smallest absolute Gasteiger partial charge is 0.151 e. The number of nitrogens with two attached hydrogens (primary N) is 1. The van der Waals surface area contributed by atoms with Crippen LogP contribution >= 0.6 is 23.2 Å². The molecule has 176 valence electrons. The maximum absolute atomic E-state index is 12.6. The van der Waals surface area contributed by atoms with Gasteiger partial charge in [-0.25, -0.2) is 0 Å². The number of pyridine rings is 1. The quantitative estimate of drug-likeness (QED) is 0.376. The monoisotopic (exact) mass is 501 g/mol.